The van der Waals surface area contributed by atoms with Crippen LogP contribution >= 0.6 is 23.1 Å². The molecule has 3 aromatic heterocycles. The van der Waals surface area contributed by atoms with Gasteiger partial charge in [-0.1, -0.05) is 47.7 Å². The number of pyridine rings is 2. The summed E-state index contributed by atoms with van der Waals surface area (Å²) in [5.74, 6) is -0.253. The molecule has 0 spiro atoms. The fourth-order valence-corrected chi connectivity index (χ4v) is 11.1. The maximum absolute atomic E-state index is 13.7. The van der Waals surface area contributed by atoms with Crippen LogP contribution < -0.4 is 20.3 Å². The molecule has 6 aromatic rings. The smallest absolute Gasteiger partial charge is 0.283 e. The highest BCUT2D eigenvalue weighted by Gasteiger charge is 2.27. The van der Waals surface area contributed by atoms with E-state index in [9.17, 15) is 26.4 Å². The van der Waals surface area contributed by atoms with Crippen molar-refractivity contribution in [2.75, 3.05) is 66.9 Å². The number of aromatic nitrogens is 3. The van der Waals surface area contributed by atoms with Gasteiger partial charge >= 0.3 is 0 Å². The number of hydrogen-bond acceptors (Lipinski definition) is 15. The summed E-state index contributed by atoms with van der Waals surface area (Å²) in [6, 6.07) is 25.6. The number of anilines is 3. The highest BCUT2D eigenvalue weighted by Crippen LogP contribution is 2.31. The number of fused-ring (bicyclic) bond motifs is 2. The molecule has 2 aliphatic heterocycles. The molecule has 0 unspecified atom stereocenters. The number of sulfonamides is 1. The van der Waals surface area contributed by atoms with Crippen LogP contribution in [0.2, 0.25) is 0 Å². The Morgan fingerprint density at radius 1 is 0.903 bits per heavy atom. The number of hydrogen-bond donors (Lipinski definition) is 3. The second kappa shape index (κ2) is 18.9. The molecule has 8 rings (SSSR count). The Labute approximate surface area is 368 Å². The highest BCUT2D eigenvalue weighted by molar-refractivity contribution is 7.99. The van der Waals surface area contributed by atoms with E-state index < -0.39 is 30.7 Å². The Morgan fingerprint density at radius 2 is 1.71 bits per heavy atom. The average Bonchev–Trinajstić information content (AvgIpc) is 3.69. The molecule has 5 heterocycles. The Bertz CT molecular complexity index is 2790. The topological polar surface area (TPSA) is 193 Å². The monoisotopic (exact) mass is 912 g/mol. The zero-order valence-corrected chi connectivity index (χ0v) is 37.0. The third-order valence-corrected chi connectivity index (χ3v) is 15.1. The highest BCUT2D eigenvalue weighted by atomic mass is 32.2. The van der Waals surface area contributed by atoms with Gasteiger partial charge in [-0.2, -0.15) is 0 Å². The van der Waals surface area contributed by atoms with Gasteiger partial charge in [0.15, 0.2) is 15.0 Å². The van der Waals surface area contributed by atoms with Crippen molar-refractivity contribution in [3.8, 4) is 0 Å². The molecular formula is C43H44N8O7S4. The number of carbonyl (C=O) groups excluding carboxylic acids is 2. The number of amides is 2. The van der Waals surface area contributed by atoms with Crippen LogP contribution in [0.25, 0.3) is 10.2 Å². The molecule has 19 heteroatoms. The van der Waals surface area contributed by atoms with Gasteiger partial charge in [-0.05, 0) is 78.6 Å². The molecule has 1 saturated heterocycles. The van der Waals surface area contributed by atoms with Crippen molar-refractivity contribution in [1.82, 2.24) is 24.6 Å². The molecule has 1 atom stereocenters. The number of carbonyl (C=O) groups is 2. The van der Waals surface area contributed by atoms with Gasteiger partial charge in [0.05, 0.1) is 38.9 Å². The summed E-state index contributed by atoms with van der Waals surface area (Å²) in [5, 5.41) is 6.77. The van der Waals surface area contributed by atoms with Crippen LogP contribution in [-0.2, 0) is 37.6 Å². The van der Waals surface area contributed by atoms with Crippen LogP contribution in [0.3, 0.4) is 0 Å². The lowest BCUT2D eigenvalue weighted by Crippen LogP contribution is -2.39. The minimum Gasteiger partial charge on any atom is -0.380 e. The van der Waals surface area contributed by atoms with Gasteiger partial charge in [0.2, 0.25) is 0 Å². The van der Waals surface area contributed by atoms with E-state index in [1.165, 1.54) is 29.5 Å². The minimum atomic E-state index is -4.55. The largest absolute Gasteiger partial charge is 0.380 e. The lowest BCUT2D eigenvalue weighted by atomic mass is 9.94. The molecule has 0 saturated carbocycles. The molecule has 0 radical (unpaired) electrons. The average molecular weight is 913 g/mol. The molecule has 3 aromatic carbocycles. The van der Waals surface area contributed by atoms with Crippen LogP contribution in [0.4, 0.5) is 16.6 Å². The molecule has 2 amide bonds. The lowest BCUT2D eigenvalue weighted by molar-refractivity contribution is 0.0370. The van der Waals surface area contributed by atoms with Crippen molar-refractivity contribution in [1.29, 1.82) is 0 Å². The zero-order chi connectivity index (χ0) is 43.3. The SMILES string of the molecule is CS(=O)(=O)c1cc(S(=O)(=O)NC(=O)c2cccc(N3CCc4cccc(C(=O)Nc5nc6ccncc6s5)c4C3)n2)ccc1N[C@H](CCN1CCOCC1)CSc1ccccc1. The maximum Gasteiger partial charge on any atom is 0.283 e. The molecule has 3 N–H and O–H groups in total. The predicted molar refractivity (Wildman–Crippen MR) is 241 cm³/mol. The Balaban J connectivity index is 0.965. The van der Waals surface area contributed by atoms with Crippen molar-refractivity contribution >= 4 is 81.6 Å². The number of morpholine rings is 1. The van der Waals surface area contributed by atoms with Gasteiger partial charge in [-0.3, -0.25) is 24.8 Å². The summed E-state index contributed by atoms with van der Waals surface area (Å²) in [6.07, 6.45) is 5.67. The van der Waals surface area contributed by atoms with Crippen molar-refractivity contribution in [2.45, 2.75) is 40.1 Å². The zero-order valence-electron chi connectivity index (χ0n) is 33.7. The van der Waals surface area contributed by atoms with Gasteiger partial charge in [0.25, 0.3) is 21.8 Å². The van der Waals surface area contributed by atoms with Crippen molar-refractivity contribution in [3.05, 3.63) is 126 Å². The fraction of sp³-hybridized carbons (Fsp3) is 0.279. The number of thiazole rings is 1. The summed E-state index contributed by atoms with van der Waals surface area (Å²) in [6.45, 7) is 4.55. The molecular weight excluding hydrogens is 869 g/mol. The summed E-state index contributed by atoms with van der Waals surface area (Å²) in [5.41, 5.74) is 3.14. The molecule has 62 heavy (non-hydrogen) atoms. The quantitative estimate of drug-likeness (QED) is 0.106. The van der Waals surface area contributed by atoms with Crippen molar-refractivity contribution < 1.29 is 31.2 Å². The van der Waals surface area contributed by atoms with Gasteiger partial charge in [0.1, 0.15) is 11.5 Å². The summed E-state index contributed by atoms with van der Waals surface area (Å²) in [4.78, 5) is 45.0. The van der Waals surface area contributed by atoms with Gasteiger partial charge in [-0.15, -0.1) is 11.8 Å². The summed E-state index contributed by atoms with van der Waals surface area (Å²) < 4.78 is 62.3. The molecule has 0 bridgehead atoms. The van der Waals surface area contributed by atoms with E-state index in [1.54, 1.807) is 48.4 Å². The first-order valence-electron chi connectivity index (χ1n) is 19.9. The molecule has 15 nitrogen and oxygen atoms in total. The van der Waals surface area contributed by atoms with E-state index >= 15 is 0 Å². The maximum atomic E-state index is 13.7. The molecule has 1 fully saturated rings. The predicted octanol–water partition coefficient (Wildman–Crippen LogP) is 5.72. The van der Waals surface area contributed by atoms with E-state index in [1.807, 2.05) is 47.4 Å². The third-order valence-electron chi connectivity index (χ3n) is 10.6. The van der Waals surface area contributed by atoms with Crippen LogP contribution in [-0.4, -0.2) is 106 Å². The number of ether oxygens (including phenoxy) is 1. The van der Waals surface area contributed by atoms with E-state index in [4.69, 9.17) is 4.74 Å². The minimum absolute atomic E-state index is 0.158. The van der Waals surface area contributed by atoms with Crippen LogP contribution in [0.1, 0.15) is 38.4 Å². The number of thioether (sulfide) groups is 1. The van der Waals surface area contributed by atoms with Gasteiger partial charge in [-0.25, -0.2) is 31.5 Å². The number of nitrogens with zero attached hydrogens (tertiary/aromatic N) is 5. The normalized spacial score (nSPS) is 15.1. The number of benzene rings is 3. The van der Waals surface area contributed by atoms with E-state index in [0.29, 0.717) is 61.4 Å². The second-order valence-corrected chi connectivity index (χ2v) is 20.7. The van der Waals surface area contributed by atoms with Crippen LogP contribution in [0, 0.1) is 0 Å². The molecule has 0 aliphatic carbocycles. The van der Waals surface area contributed by atoms with Crippen molar-refractivity contribution in [2.24, 2.45) is 0 Å². The Hall–Kier alpha value is -5.44. The standard InChI is InChI=1S/C43H44N8O7S4/c1-61(54,55)39-25-32(13-14-36(39)45-30(17-19-50-21-23-58-24-22-50)28-59-31-8-3-2-4-9-31)62(56,57)49-42(53)37-11-6-12-40(46-37)51-20-16-29-7-5-10-33(34(29)27-51)41(52)48-43-47-35-15-18-44-26-38(35)60-43/h2-15,18,25-26,30,45H,16-17,19-24,27-28H2,1H3,(H,49,53)(H,47,48,52)/t30-/m1/s1. The Morgan fingerprint density at radius 3 is 2.50 bits per heavy atom. The molecule has 322 valence electrons. The first-order valence-corrected chi connectivity index (χ1v) is 25.1. The van der Waals surface area contributed by atoms with E-state index in [2.05, 4.69) is 35.2 Å². The second-order valence-electron chi connectivity index (χ2n) is 14.9. The van der Waals surface area contributed by atoms with Gasteiger partial charge in [0, 0.05) is 73.6 Å². The summed E-state index contributed by atoms with van der Waals surface area (Å²) >= 11 is 2.97. The van der Waals surface area contributed by atoms with Crippen LogP contribution in [0.15, 0.2) is 118 Å². The third kappa shape index (κ3) is 10.4. The number of nitrogens with one attached hydrogen (secondary N) is 3. The van der Waals surface area contributed by atoms with E-state index in [-0.39, 0.29) is 28.2 Å². The van der Waals surface area contributed by atoms with E-state index in [0.717, 1.165) is 58.2 Å². The first-order chi connectivity index (χ1) is 29.9. The first kappa shape index (κ1) is 43.2. The van der Waals surface area contributed by atoms with Gasteiger partial charge < -0.3 is 15.0 Å². The van der Waals surface area contributed by atoms with Crippen LogP contribution in [0.5, 0.6) is 0 Å². The lowest BCUT2D eigenvalue weighted by Gasteiger charge is -2.31. The Kier molecular flexibility index (Phi) is 13.2. The number of rotatable bonds is 15. The summed E-state index contributed by atoms with van der Waals surface area (Å²) in [7, 11) is -8.49. The fourth-order valence-electron chi connectivity index (χ4n) is 7.34. The van der Waals surface area contributed by atoms with Crippen molar-refractivity contribution in [3.63, 3.8) is 0 Å². The number of sulfone groups is 1. The molecule has 2 aliphatic rings.